The Hall–Kier alpha value is -1.80. The standard InChI is InChI=1S/C17H13BrO/c18-16-8-6-14-7-9-17(11-15(14)10-16)19-12-13-4-2-1-3-5-13/h1-11H,12H2. The number of hydrogen-bond donors (Lipinski definition) is 0. The third-order valence-electron chi connectivity index (χ3n) is 3.02. The van der Waals surface area contributed by atoms with Gasteiger partial charge in [-0.2, -0.15) is 0 Å². The molecule has 0 aromatic heterocycles. The molecule has 0 saturated carbocycles. The smallest absolute Gasteiger partial charge is 0.120 e. The molecule has 0 amide bonds. The van der Waals surface area contributed by atoms with Gasteiger partial charge >= 0.3 is 0 Å². The molecular weight excluding hydrogens is 300 g/mol. The van der Waals surface area contributed by atoms with E-state index in [9.17, 15) is 0 Å². The van der Waals surface area contributed by atoms with Crippen molar-refractivity contribution in [3.8, 4) is 5.75 Å². The van der Waals surface area contributed by atoms with Crippen molar-refractivity contribution >= 4 is 26.7 Å². The third-order valence-corrected chi connectivity index (χ3v) is 3.52. The topological polar surface area (TPSA) is 9.23 Å². The molecule has 1 nitrogen and oxygen atoms in total. The molecule has 0 aliphatic heterocycles. The van der Waals surface area contributed by atoms with Gasteiger partial charge in [0.2, 0.25) is 0 Å². The summed E-state index contributed by atoms with van der Waals surface area (Å²) in [6, 6.07) is 22.6. The van der Waals surface area contributed by atoms with Crippen LogP contribution >= 0.6 is 15.9 Å². The second-order valence-corrected chi connectivity index (χ2v) is 5.34. The van der Waals surface area contributed by atoms with Crippen molar-refractivity contribution < 1.29 is 4.74 Å². The zero-order chi connectivity index (χ0) is 13.1. The fourth-order valence-electron chi connectivity index (χ4n) is 2.03. The summed E-state index contributed by atoms with van der Waals surface area (Å²) in [6.07, 6.45) is 0. The van der Waals surface area contributed by atoms with Crippen LogP contribution in [-0.4, -0.2) is 0 Å². The summed E-state index contributed by atoms with van der Waals surface area (Å²) in [5.74, 6) is 0.898. The molecule has 94 valence electrons. The van der Waals surface area contributed by atoms with Gasteiger partial charge < -0.3 is 4.74 Å². The molecule has 0 N–H and O–H groups in total. The van der Waals surface area contributed by atoms with E-state index >= 15 is 0 Å². The lowest BCUT2D eigenvalue weighted by atomic mass is 10.1. The first-order chi connectivity index (χ1) is 9.31. The maximum atomic E-state index is 5.82. The third kappa shape index (κ3) is 2.96. The highest BCUT2D eigenvalue weighted by Gasteiger charge is 1.99. The summed E-state index contributed by atoms with van der Waals surface area (Å²) in [5, 5.41) is 2.40. The summed E-state index contributed by atoms with van der Waals surface area (Å²) in [7, 11) is 0. The van der Waals surface area contributed by atoms with Crippen LogP contribution in [0.15, 0.2) is 71.2 Å². The minimum absolute atomic E-state index is 0.598. The molecular formula is C17H13BrO. The average molecular weight is 313 g/mol. The van der Waals surface area contributed by atoms with E-state index in [1.807, 2.05) is 30.3 Å². The molecule has 0 radical (unpaired) electrons. The highest BCUT2D eigenvalue weighted by molar-refractivity contribution is 9.10. The maximum absolute atomic E-state index is 5.82. The minimum Gasteiger partial charge on any atom is -0.489 e. The molecule has 0 fully saturated rings. The van der Waals surface area contributed by atoms with Gasteiger partial charge in [0.25, 0.3) is 0 Å². The van der Waals surface area contributed by atoms with E-state index in [-0.39, 0.29) is 0 Å². The van der Waals surface area contributed by atoms with Gasteiger partial charge in [-0.3, -0.25) is 0 Å². The Morgan fingerprint density at radius 2 is 1.58 bits per heavy atom. The van der Waals surface area contributed by atoms with Gasteiger partial charge in [-0.25, -0.2) is 0 Å². The van der Waals surface area contributed by atoms with Crippen LogP contribution in [0.3, 0.4) is 0 Å². The number of rotatable bonds is 3. The van der Waals surface area contributed by atoms with Crippen molar-refractivity contribution in [1.82, 2.24) is 0 Å². The monoisotopic (exact) mass is 312 g/mol. The first kappa shape index (κ1) is 12.2. The molecule has 2 heteroatoms. The van der Waals surface area contributed by atoms with Crippen LogP contribution in [0.5, 0.6) is 5.75 Å². The Morgan fingerprint density at radius 1 is 0.789 bits per heavy atom. The molecule has 3 rings (SSSR count). The molecule has 0 aliphatic rings. The first-order valence-corrected chi connectivity index (χ1v) is 6.97. The lowest BCUT2D eigenvalue weighted by Gasteiger charge is -2.07. The number of halogens is 1. The van der Waals surface area contributed by atoms with Crippen LogP contribution in [0.1, 0.15) is 5.56 Å². The highest BCUT2D eigenvalue weighted by atomic mass is 79.9. The predicted molar refractivity (Wildman–Crippen MR) is 82.4 cm³/mol. The van der Waals surface area contributed by atoms with Crippen LogP contribution < -0.4 is 4.74 Å². The van der Waals surface area contributed by atoms with Crippen LogP contribution in [0.2, 0.25) is 0 Å². The van der Waals surface area contributed by atoms with Gasteiger partial charge in [0.1, 0.15) is 12.4 Å². The summed E-state index contributed by atoms with van der Waals surface area (Å²) in [5.41, 5.74) is 1.18. The number of benzene rings is 3. The minimum atomic E-state index is 0.598. The van der Waals surface area contributed by atoms with E-state index in [4.69, 9.17) is 4.74 Å². The van der Waals surface area contributed by atoms with E-state index in [1.165, 1.54) is 16.3 Å². The molecule has 3 aromatic rings. The predicted octanol–water partition coefficient (Wildman–Crippen LogP) is 5.18. The average Bonchev–Trinajstić information content (AvgIpc) is 2.46. The highest BCUT2D eigenvalue weighted by Crippen LogP contribution is 2.24. The number of fused-ring (bicyclic) bond motifs is 1. The summed E-state index contributed by atoms with van der Waals surface area (Å²) in [4.78, 5) is 0. The van der Waals surface area contributed by atoms with Crippen molar-refractivity contribution in [2.24, 2.45) is 0 Å². The lowest BCUT2D eigenvalue weighted by Crippen LogP contribution is -1.94. The van der Waals surface area contributed by atoms with Gasteiger partial charge in [-0.1, -0.05) is 58.4 Å². The van der Waals surface area contributed by atoms with Crippen LogP contribution in [0, 0.1) is 0 Å². The van der Waals surface area contributed by atoms with Gasteiger partial charge in [-0.05, 0) is 40.6 Å². The molecule has 0 bridgehead atoms. The van der Waals surface area contributed by atoms with Gasteiger partial charge in [0, 0.05) is 4.47 Å². The second-order valence-electron chi connectivity index (χ2n) is 4.43. The molecule has 19 heavy (non-hydrogen) atoms. The molecule has 0 heterocycles. The molecule has 0 spiro atoms. The lowest BCUT2D eigenvalue weighted by molar-refractivity contribution is 0.306. The SMILES string of the molecule is Brc1ccc2ccc(OCc3ccccc3)cc2c1. The van der Waals surface area contributed by atoms with E-state index in [2.05, 4.69) is 52.3 Å². The van der Waals surface area contributed by atoms with E-state index < -0.39 is 0 Å². The van der Waals surface area contributed by atoms with E-state index in [0.717, 1.165) is 10.2 Å². The van der Waals surface area contributed by atoms with Crippen molar-refractivity contribution in [3.05, 3.63) is 76.8 Å². The Labute approximate surface area is 121 Å². The van der Waals surface area contributed by atoms with Crippen molar-refractivity contribution in [3.63, 3.8) is 0 Å². The van der Waals surface area contributed by atoms with Crippen LogP contribution in [0.25, 0.3) is 10.8 Å². The zero-order valence-electron chi connectivity index (χ0n) is 10.3. The van der Waals surface area contributed by atoms with Crippen molar-refractivity contribution in [2.75, 3.05) is 0 Å². The molecule has 0 atom stereocenters. The molecule has 3 aromatic carbocycles. The Morgan fingerprint density at radius 3 is 2.42 bits per heavy atom. The Balaban J connectivity index is 1.81. The first-order valence-electron chi connectivity index (χ1n) is 6.17. The summed E-state index contributed by atoms with van der Waals surface area (Å²) >= 11 is 3.49. The van der Waals surface area contributed by atoms with Gasteiger partial charge in [0.05, 0.1) is 0 Å². The number of ether oxygens (including phenoxy) is 1. The molecule has 0 saturated heterocycles. The second kappa shape index (κ2) is 5.45. The maximum Gasteiger partial charge on any atom is 0.120 e. The zero-order valence-corrected chi connectivity index (χ0v) is 11.9. The Bertz CT molecular complexity index is 692. The quantitative estimate of drug-likeness (QED) is 0.647. The van der Waals surface area contributed by atoms with Crippen LogP contribution in [-0.2, 0) is 6.61 Å². The fraction of sp³-hybridized carbons (Fsp3) is 0.0588. The summed E-state index contributed by atoms with van der Waals surface area (Å²) < 4.78 is 6.91. The van der Waals surface area contributed by atoms with Gasteiger partial charge in [0.15, 0.2) is 0 Å². The summed E-state index contributed by atoms with van der Waals surface area (Å²) in [6.45, 7) is 0.598. The Kier molecular flexibility index (Phi) is 3.51. The molecule has 0 aliphatic carbocycles. The number of hydrogen-bond acceptors (Lipinski definition) is 1. The molecule has 0 unspecified atom stereocenters. The van der Waals surface area contributed by atoms with Crippen molar-refractivity contribution in [1.29, 1.82) is 0 Å². The van der Waals surface area contributed by atoms with Crippen LogP contribution in [0.4, 0.5) is 0 Å². The van der Waals surface area contributed by atoms with E-state index in [1.54, 1.807) is 0 Å². The fourth-order valence-corrected chi connectivity index (χ4v) is 2.41. The largest absolute Gasteiger partial charge is 0.489 e. The van der Waals surface area contributed by atoms with Gasteiger partial charge in [-0.15, -0.1) is 0 Å². The van der Waals surface area contributed by atoms with Crippen molar-refractivity contribution in [2.45, 2.75) is 6.61 Å². The normalized spacial score (nSPS) is 10.6. The van der Waals surface area contributed by atoms with E-state index in [0.29, 0.717) is 6.61 Å².